The number of benzene rings is 1. The number of halogens is 1. The van der Waals surface area contributed by atoms with Crippen LogP contribution >= 0.6 is 0 Å². The molecule has 3 aromatic rings. The fourth-order valence-electron chi connectivity index (χ4n) is 2.52. The molecule has 0 bridgehead atoms. The molecule has 1 fully saturated rings. The summed E-state index contributed by atoms with van der Waals surface area (Å²) in [5.74, 6) is 0.499. The third-order valence-electron chi connectivity index (χ3n) is 3.73. The van der Waals surface area contributed by atoms with Gasteiger partial charge in [-0.15, -0.1) is 0 Å². The van der Waals surface area contributed by atoms with Gasteiger partial charge >= 0.3 is 0 Å². The third kappa shape index (κ3) is 2.16. The highest BCUT2D eigenvalue weighted by Crippen LogP contribution is 2.42. The predicted octanol–water partition coefficient (Wildman–Crippen LogP) is 1.75. The van der Waals surface area contributed by atoms with Crippen molar-refractivity contribution in [3.63, 3.8) is 0 Å². The van der Waals surface area contributed by atoms with E-state index < -0.39 is 0 Å². The number of aromatic amines is 2. The fourth-order valence-corrected chi connectivity index (χ4v) is 2.52. The Kier molecular flexibility index (Phi) is 2.53. The lowest BCUT2D eigenvalue weighted by Gasteiger charge is -2.05. The molecule has 0 aliphatic heterocycles. The summed E-state index contributed by atoms with van der Waals surface area (Å²) in [6, 6.07) is 6.69. The molecular weight excluding hydrogens is 273 g/mol. The molecule has 3 N–H and O–H groups in total. The lowest BCUT2D eigenvalue weighted by Crippen LogP contribution is -2.14. The Morgan fingerprint density at radius 3 is 2.90 bits per heavy atom. The van der Waals surface area contributed by atoms with E-state index in [2.05, 4.69) is 25.5 Å². The second kappa shape index (κ2) is 4.41. The van der Waals surface area contributed by atoms with E-state index in [0.29, 0.717) is 22.9 Å². The van der Waals surface area contributed by atoms with Gasteiger partial charge in [-0.3, -0.25) is 14.9 Å². The maximum atomic E-state index is 12.9. The first kappa shape index (κ1) is 12.1. The predicted molar refractivity (Wildman–Crippen MR) is 75.7 cm³/mol. The second-order valence-electron chi connectivity index (χ2n) is 5.19. The number of fused-ring (bicyclic) bond motifs is 1. The summed E-state index contributed by atoms with van der Waals surface area (Å²) < 4.78 is 12.9. The van der Waals surface area contributed by atoms with Crippen LogP contribution in [0.4, 0.5) is 10.3 Å². The number of anilines is 1. The molecule has 1 aliphatic rings. The van der Waals surface area contributed by atoms with Crippen LogP contribution in [0.3, 0.4) is 0 Å². The lowest BCUT2D eigenvalue weighted by molar-refractivity contribution is 0.627. The number of rotatable bonds is 3. The molecule has 0 unspecified atom stereocenters. The average Bonchev–Trinajstić information content (AvgIpc) is 3.05. The number of nitrogens with one attached hydrogen (secondary N) is 3. The molecule has 21 heavy (non-hydrogen) atoms. The Balaban J connectivity index is 1.54. The van der Waals surface area contributed by atoms with Gasteiger partial charge in [-0.1, -0.05) is 12.1 Å². The van der Waals surface area contributed by atoms with Gasteiger partial charge in [0.2, 0.25) is 5.95 Å². The molecule has 0 saturated heterocycles. The molecule has 6 nitrogen and oxygen atoms in total. The van der Waals surface area contributed by atoms with Crippen LogP contribution in [0.25, 0.3) is 11.0 Å². The summed E-state index contributed by atoms with van der Waals surface area (Å²) in [5.41, 5.74) is 1.31. The summed E-state index contributed by atoms with van der Waals surface area (Å²) in [5, 5.41) is 10.1. The van der Waals surface area contributed by atoms with Gasteiger partial charge in [0.1, 0.15) is 11.2 Å². The highest BCUT2D eigenvalue weighted by atomic mass is 19.1. The van der Waals surface area contributed by atoms with Crippen molar-refractivity contribution < 1.29 is 4.39 Å². The SMILES string of the molecule is O=c1[nH]c(N[C@@H]2C[C@H]2c2ccc(F)cc2)nc2[nH]ncc12. The monoisotopic (exact) mass is 285 g/mol. The minimum atomic E-state index is -0.236. The number of nitrogens with zero attached hydrogens (tertiary/aromatic N) is 2. The van der Waals surface area contributed by atoms with Crippen molar-refractivity contribution in [2.75, 3.05) is 5.32 Å². The minimum Gasteiger partial charge on any atom is -0.352 e. The summed E-state index contributed by atoms with van der Waals surface area (Å²) in [4.78, 5) is 18.8. The molecule has 2 atom stereocenters. The first-order valence-corrected chi connectivity index (χ1v) is 6.66. The van der Waals surface area contributed by atoms with E-state index in [1.54, 1.807) is 12.1 Å². The van der Waals surface area contributed by atoms with Crippen LogP contribution in [0.2, 0.25) is 0 Å². The summed E-state index contributed by atoms with van der Waals surface area (Å²) in [7, 11) is 0. The molecule has 0 radical (unpaired) electrons. The maximum Gasteiger partial charge on any atom is 0.263 e. The standard InChI is InChI=1S/C14H12FN5O/c15-8-3-1-7(2-4-8)9-5-11(9)17-14-18-12-10(6-16-20-12)13(21)19-14/h1-4,6,9,11H,5H2,(H3,16,17,18,19,20,21)/t9-,11+/m0/s1. The van der Waals surface area contributed by atoms with Crippen molar-refractivity contribution in [3.05, 3.63) is 52.2 Å². The first-order chi connectivity index (χ1) is 10.2. The molecule has 1 aromatic carbocycles. The molecule has 106 valence electrons. The Labute approximate surface area is 118 Å². The molecule has 2 heterocycles. The summed E-state index contributed by atoms with van der Waals surface area (Å²) in [6.07, 6.45) is 2.37. The largest absolute Gasteiger partial charge is 0.352 e. The zero-order valence-electron chi connectivity index (χ0n) is 10.9. The summed E-state index contributed by atoms with van der Waals surface area (Å²) >= 11 is 0. The van der Waals surface area contributed by atoms with Crippen LogP contribution in [-0.4, -0.2) is 26.2 Å². The van der Waals surface area contributed by atoms with Gasteiger partial charge in [0.25, 0.3) is 5.56 Å². The van der Waals surface area contributed by atoms with Crippen LogP contribution in [0, 0.1) is 5.82 Å². The number of aromatic nitrogens is 4. The summed E-state index contributed by atoms with van der Waals surface area (Å²) in [6.45, 7) is 0. The van der Waals surface area contributed by atoms with Crippen LogP contribution in [0.1, 0.15) is 17.9 Å². The molecule has 1 aliphatic carbocycles. The van der Waals surface area contributed by atoms with E-state index in [1.165, 1.54) is 18.3 Å². The van der Waals surface area contributed by atoms with Gasteiger partial charge in [0, 0.05) is 12.0 Å². The highest BCUT2D eigenvalue weighted by Gasteiger charge is 2.38. The Morgan fingerprint density at radius 1 is 1.29 bits per heavy atom. The average molecular weight is 285 g/mol. The quantitative estimate of drug-likeness (QED) is 0.684. The fraction of sp³-hybridized carbons (Fsp3) is 0.214. The van der Waals surface area contributed by atoms with E-state index in [1.807, 2.05) is 0 Å². The van der Waals surface area contributed by atoms with Gasteiger partial charge < -0.3 is 5.32 Å². The normalized spacial score (nSPS) is 20.6. The minimum absolute atomic E-state index is 0.194. The van der Waals surface area contributed by atoms with Crippen LogP contribution in [0.5, 0.6) is 0 Å². The smallest absolute Gasteiger partial charge is 0.263 e. The zero-order chi connectivity index (χ0) is 14.4. The van der Waals surface area contributed by atoms with E-state index in [0.717, 1.165) is 12.0 Å². The lowest BCUT2D eigenvalue weighted by atomic mass is 10.1. The number of hydrogen-bond donors (Lipinski definition) is 3. The van der Waals surface area contributed by atoms with Crippen molar-refractivity contribution in [3.8, 4) is 0 Å². The van der Waals surface area contributed by atoms with Crippen LogP contribution in [0.15, 0.2) is 35.3 Å². The van der Waals surface area contributed by atoms with Gasteiger partial charge in [0.15, 0.2) is 5.65 Å². The van der Waals surface area contributed by atoms with Crippen molar-refractivity contribution in [1.82, 2.24) is 20.2 Å². The van der Waals surface area contributed by atoms with Crippen molar-refractivity contribution in [2.45, 2.75) is 18.4 Å². The van der Waals surface area contributed by atoms with Gasteiger partial charge in [-0.25, -0.2) is 4.39 Å². The second-order valence-corrected chi connectivity index (χ2v) is 5.19. The van der Waals surface area contributed by atoms with Gasteiger partial charge in [0.05, 0.1) is 6.20 Å². The molecular formula is C14H12FN5O. The van der Waals surface area contributed by atoms with Crippen molar-refractivity contribution in [2.24, 2.45) is 0 Å². The molecule has 0 amide bonds. The maximum absolute atomic E-state index is 12.9. The number of H-pyrrole nitrogens is 2. The molecule has 7 heteroatoms. The van der Waals surface area contributed by atoms with E-state index in [4.69, 9.17) is 0 Å². The highest BCUT2D eigenvalue weighted by molar-refractivity contribution is 5.73. The van der Waals surface area contributed by atoms with E-state index in [-0.39, 0.29) is 17.4 Å². The Hall–Kier alpha value is -2.70. The molecule has 4 rings (SSSR count). The van der Waals surface area contributed by atoms with Crippen molar-refractivity contribution in [1.29, 1.82) is 0 Å². The van der Waals surface area contributed by atoms with Crippen molar-refractivity contribution >= 4 is 17.0 Å². The Bertz CT molecular complexity index is 854. The van der Waals surface area contributed by atoms with E-state index in [9.17, 15) is 9.18 Å². The van der Waals surface area contributed by atoms with Crippen LogP contribution in [-0.2, 0) is 0 Å². The third-order valence-corrected chi connectivity index (χ3v) is 3.73. The molecule has 2 aromatic heterocycles. The first-order valence-electron chi connectivity index (χ1n) is 6.66. The van der Waals surface area contributed by atoms with Gasteiger partial charge in [-0.05, 0) is 24.1 Å². The topological polar surface area (TPSA) is 86.5 Å². The van der Waals surface area contributed by atoms with Gasteiger partial charge in [-0.2, -0.15) is 10.1 Å². The molecule has 1 saturated carbocycles. The van der Waals surface area contributed by atoms with E-state index >= 15 is 0 Å². The van der Waals surface area contributed by atoms with Crippen LogP contribution < -0.4 is 10.9 Å². The Morgan fingerprint density at radius 2 is 2.10 bits per heavy atom. The molecule has 0 spiro atoms. The number of hydrogen-bond acceptors (Lipinski definition) is 4. The zero-order valence-corrected chi connectivity index (χ0v) is 10.9.